The third-order valence-electron chi connectivity index (χ3n) is 5.13. The van der Waals surface area contributed by atoms with Gasteiger partial charge in [-0.15, -0.1) is 11.3 Å². The average molecular weight is 545 g/mol. The lowest BCUT2D eigenvalue weighted by Crippen LogP contribution is -2.31. The Morgan fingerprint density at radius 3 is 2.24 bits per heavy atom. The van der Waals surface area contributed by atoms with Gasteiger partial charge in [0.1, 0.15) is 16.3 Å². The molecule has 1 N–H and O–H groups in total. The van der Waals surface area contributed by atoms with E-state index < -0.39 is 43.2 Å². The van der Waals surface area contributed by atoms with E-state index in [-0.39, 0.29) is 27.6 Å². The summed E-state index contributed by atoms with van der Waals surface area (Å²) < 4.78 is 86.1. The van der Waals surface area contributed by atoms with Crippen LogP contribution in [0, 0.1) is 6.92 Å². The van der Waals surface area contributed by atoms with Crippen molar-refractivity contribution in [3.05, 3.63) is 69.0 Å². The maximum atomic E-state index is 12.7. The van der Waals surface area contributed by atoms with E-state index in [9.17, 15) is 35.9 Å². The number of nitrogens with one attached hydrogen (secondary N) is 1. The highest BCUT2D eigenvalue weighted by molar-refractivity contribution is 7.22. The highest BCUT2D eigenvalue weighted by atomic mass is 32.1. The number of pyridine rings is 1. The summed E-state index contributed by atoms with van der Waals surface area (Å²) in [6, 6.07) is 8.56. The van der Waals surface area contributed by atoms with Gasteiger partial charge in [-0.05, 0) is 42.8 Å². The number of hydrogen-bond acceptors (Lipinski definition) is 6. The van der Waals surface area contributed by atoms with Gasteiger partial charge in [-0.25, -0.2) is 9.78 Å². The fourth-order valence-electron chi connectivity index (χ4n) is 3.46. The molecule has 0 atom stereocenters. The molecule has 37 heavy (non-hydrogen) atoms. The molecule has 0 saturated heterocycles. The Morgan fingerprint density at radius 2 is 1.65 bits per heavy atom. The molecular weight excluding hydrogens is 528 g/mol. The fraction of sp³-hybridized carbons (Fsp3) is 0.261. The van der Waals surface area contributed by atoms with E-state index in [0.717, 1.165) is 15.9 Å². The summed E-state index contributed by atoms with van der Waals surface area (Å²) in [6.07, 6.45) is -8.74. The molecule has 4 rings (SSSR count). The predicted molar refractivity (Wildman–Crippen MR) is 123 cm³/mol. The van der Waals surface area contributed by atoms with Crippen LogP contribution in [0.5, 0.6) is 17.4 Å². The van der Waals surface area contributed by atoms with Crippen LogP contribution in [0.3, 0.4) is 0 Å². The number of H-pyrrole nitrogens is 1. The Balaban J connectivity index is 1.56. The molecule has 7 nitrogen and oxygen atoms in total. The Bertz CT molecular complexity index is 1520. The minimum absolute atomic E-state index is 0.0110. The van der Waals surface area contributed by atoms with Crippen LogP contribution in [0.25, 0.3) is 20.7 Å². The summed E-state index contributed by atoms with van der Waals surface area (Å²) in [4.78, 5) is 31.5. The van der Waals surface area contributed by atoms with E-state index >= 15 is 0 Å². The molecule has 0 spiro atoms. The van der Waals surface area contributed by atoms with Crippen LogP contribution in [-0.4, -0.2) is 33.5 Å². The Hall–Kier alpha value is -3.81. The molecule has 0 radical (unpaired) electrons. The molecule has 0 saturated carbocycles. The van der Waals surface area contributed by atoms with Crippen molar-refractivity contribution in [3.63, 3.8) is 0 Å². The van der Waals surface area contributed by atoms with Crippen molar-refractivity contribution < 1.29 is 35.8 Å². The van der Waals surface area contributed by atoms with Crippen LogP contribution >= 0.6 is 11.3 Å². The van der Waals surface area contributed by atoms with Crippen molar-refractivity contribution >= 4 is 21.6 Å². The van der Waals surface area contributed by atoms with E-state index in [2.05, 4.69) is 14.7 Å². The number of aryl methyl sites for hydroxylation is 2. The van der Waals surface area contributed by atoms with Crippen LogP contribution in [-0.2, 0) is 6.54 Å². The number of aromatic nitrogens is 3. The third kappa shape index (κ3) is 6.31. The number of fused-ring (bicyclic) bond motifs is 1. The van der Waals surface area contributed by atoms with Gasteiger partial charge in [0.25, 0.3) is 5.56 Å². The first-order valence-electron chi connectivity index (χ1n) is 10.6. The molecule has 14 heteroatoms. The fourth-order valence-corrected chi connectivity index (χ4v) is 4.78. The number of halogens is 6. The Labute approximate surface area is 207 Å². The first-order chi connectivity index (χ1) is 17.3. The second kappa shape index (κ2) is 9.92. The summed E-state index contributed by atoms with van der Waals surface area (Å²) in [7, 11) is 0. The molecule has 0 aliphatic rings. The normalized spacial score (nSPS) is 12.2. The number of benzene rings is 1. The molecule has 0 unspecified atom stereocenters. The lowest BCUT2D eigenvalue weighted by atomic mass is 10.1. The average Bonchev–Trinajstić information content (AvgIpc) is 3.15. The topological polar surface area (TPSA) is 86.2 Å². The lowest BCUT2D eigenvalue weighted by molar-refractivity contribution is -0.153. The van der Waals surface area contributed by atoms with Crippen LogP contribution in [0.4, 0.5) is 26.3 Å². The van der Waals surface area contributed by atoms with Gasteiger partial charge in [0.15, 0.2) is 6.61 Å². The molecule has 0 aliphatic heterocycles. The molecule has 0 amide bonds. The van der Waals surface area contributed by atoms with Gasteiger partial charge in [0.2, 0.25) is 5.88 Å². The first-order valence-corrected chi connectivity index (χ1v) is 11.4. The zero-order valence-corrected chi connectivity index (χ0v) is 19.7. The highest BCUT2D eigenvalue weighted by Crippen LogP contribution is 2.37. The molecule has 1 aromatic carbocycles. The number of thiophene rings is 1. The van der Waals surface area contributed by atoms with Gasteiger partial charge in [0, 0.05) is 29.2 Å². The van der Waals surface area contributed by atoms with Gasteiger partial charge in [-0.1, -0.05) is 0 Å². The number of rotatable bonds is 7. The van der Waals surface area contributed by atoms with Crippen molar-refractivity contribution in [3.8, 4) is 27.8 Å². The summed E-state index contributed by atoms with van der Waals surface area (Å²) in [6.45, 7) is -0.438. The van der Waals surface area contributed by atoms with Crippen LogP contribution in [0.1, 0.15) is 12.0 Å². The van der Waals surface area contributed by atoms with Crippen molar-refractivity contribution in [1.29, 1.82) is 0 Å². The van der Waals surface area contributed by atoms with Gasteiger partial charge in [-0.2, -0.15) is 26.3 Å². The van der Waals surface area contributed by atoms with Crippen LogP contribution in [0.2, 0.25) is 0 Å². The quantitative estimate of drug-likeness (QED) is 0.297. The maximum absolute atomic E-state index is 12.7. The maximum Gasteiger partial charge on any atom is 0.422 e. The minimum Gasteiger partial charge on any atom is -0.484 e. The van der Waals surface area contributed by atoms with Crippen molar-refractivity contribution in [2.24, 2.45) is 0 Å². The van der Waals surface area contributed by atoms with E-state index in [0.29, 0.717) is 16.0 Å². The number of hydrogen-bond donors (Lipinski definition) is 1. The Kier molecular flexibility index (Phi) is 7.04. The zero-order valence-electron chi connectivity index (χ0n) is 18.9. The van der Waals surface area contributed by atoms with Gasteiger partial charge < -0.3 is 9.47 Å². The largest absolute Gasteiger partial charge is 0.484 e. The second-order valence-electron chi connectivity index (χ2n) is 7.87. The summed E-state index contributed by atoms with van der Waals surface area (Å²) in [5, 5.41) is 0.120. The number of alkyl halides is 6. The molecule has 3 heterocycles. The van der Waals surface area contributed by atoms with Crippen LogP contribution < -0.4 is 20.7 Å². The van der Waals surface area contributed by atoms with Gasteiger partial charge in [0.05, 0.1) is 11.8 Å². The zero-order chi connectivity index (χ0) is 27.0. The molecular formula is C23H17F6N3O4S. The summed E-state index contributed by atoms with van der Waals surface area (Å²) >= 11 is 1.00. The first kappa shape index (κ1) is 26.3. The molecule has 4 aromatic rings. The van der Waals surface area contributed by atoms with E-state index in [4.69, 9.17) is 4.74 Å². The molecule has 196 valence electrons. The summed E-state index contributed by atoms with van der Waals surface area (Å²) in [5.74, 6) is 0.459. The minimum atomic E-state index is -4.48. The molecule has 0 fully saturated rings. The third-order valence-corrected chi connectivity index (χ3v) is 6.50. The van der Waals surface area contributed by atoms with E-state index in [1.165, 1.54) is 36.5 Å². The van der Waals surface area contributed by atoms with Crippen molar-refractivity contribution in [2.45, 2.75) is 32.2 Å². The van der Waals surface area contributed by atoms with Gasteiger partial charge >= 0.3 is 18.0 Å². The summed E-state index contributed by atoms with van der Waals surface area (Å²) in [5.41, 5.74) is -0.604. The predicted octanol–water partition coefficient (Wildman–Crippen LogP) is 5.81. The van der Waals surface area contributed by atoms with Crippen molar-refractivity contribution in [2.75, 3.05) is 6.61 Å². The SMILES string of the molecule is Cc1c(-c2ccc(Oc3ccc(OCC(F)(F)F)cc3)nc2)sc2c1c(=O)[nH]c(=O)n2CCC(F)(F)F. The number of ether oxygens (including phenoxy) is 2. The second-order valence-corrected chi connectivity index (χ2v) is 8.87. The van der Waals surface area contributed by atoms with Crippen LogP contribution in [0.15, 0.2) is 52.2 Å². The molecule has 0 bridgehead atoms. The van der Waals surface area contributed by atoms with E-state index in [1.807, 2.05) is 0 Å². The monoisotopic (exact) mass is 545 g/mol. The highest BCUT2D eigenvalue weighted by Gasteiger charge is 2.29. The lowest BCUT2D eigenvalue weighted by Gasteiger charge is -2.10. The molecule has 3 aromatic heterocycles. The standard InChI is InChI=1S/C23H17F6N3O4S/c1-12-17-19(33)31-21(34)32(9-8-22(24,25)26)20(17)37-18(12)13-2-7-16(30-10-13)36-15-5-3-14(4-6-15)35-11-23(27,28)29/h2-7,10H,8-9,11H2,1H3,(H,31,33,34). The van der Waals surface area contributed by atoms with E-state index in [1.54, 1.807) is 13.0 Å². The van der Waals surface area contributed by atoms with Gasteiger partial charge in [-0.3, -0.25) is 14.3 Å². The number of aromatic amines is 1. The molecule has 0 aliphatic carbocycles. The number of nitrogens with zero attached hydrogens (tertiary/aromatic N) is 2. The van der Waals surface area contributed by atoms with Crippen molar-refractivity contribution in [1.82, 2.24) is 14.5 Å². The smallest absolute Gasteiger partial charge is 0.422 e. The Morgan fingerprint density at radius 1 is 0.973 bits per heavy atom.